The Kier molecular flexibility index (Phi) is 7.81. The van der Waals surface area contributed by atoms with Crippen LogP contribution >= 0.6 is 0 Å². The van der Waals surface area contributed by atoms with Crippen molar-refractivity contribution in [1.82, 2.24) is 10.2 Å². The molecule has 0 atom stereocenters. The van der Waals surface area contributed by atoms with Crippen molar-refractivity contribution in [3.63, 3.8) is 0 Å². The van der Waals surface area contributed by atoms with Gasteiger partial charge in [0.1, 0.15) is 11.9 Å². The van der Waals surface area contributed by atoms with E-state index in [1.165, 1.54) is 24.8 Å². The zero-order valence-corrected chi connectivity index (χ0v) is 18.8. The number of hydrogen-bond acceptors (Lipinski definition) is 3. The lowest BCUT2D eigenvalue weighted by atomic mass is 9.88. The minimum Gasteiger partial charge on any atom is -0.490 e. The molecular weight excluding hydrogens is 400 g/mol. The second-order valence-electron chi connectivity index (χ2n) is 8.99. The first-order valence-corrected chi connectivity index (χ1v) is 12.1. The number of nitrogens with one attached hydrogen (secondary N) is 1. The number of likely N-dealkylation sites (tertiary alicyclic amines) is 1. The molecule has 2 aromatic rings. The predicted molar refractivity (Wildman–Crippen MR) is 126 cm³/mol. The van der Waals surface area contributed by atoms with Gasteiger partial charge in [-0.05, 0) is 49.1 Å². The summed E-state index contributed by atoms with van der Waals surface area (Å²) in [6.07, 6.45) is 8.43. The Morgan fingerprint density at radius 1 is 0.875 bits per heavy atom. The molecule has 2 fully saturated rings. The summed E-state index contributed by atoms with van der Waals surface area (Å²) in [7, 11) is 0. The van der Waals surface area contributed by atoms with Crippen LogP contribution in [0.5, 0.6) is 5.75 Å². The Hall–Kier alpha value is -2.82. The second-order valence-corrected chi connectivity index (χ2v) is 8.99. The minimum atomic E-state index is -0.0676. The summed E-state index contributed by atoms with van der Waals surface area (Å²) in [6.45, 7) is 2.17. The van der Waals surface area contributed by atoms with E-state index in [2.05, 4.69) is 17.4 Å². The number of rotatable bonds is 7. The number of benzene rings is 2. The van der Waals surface area contributed by atoms with E-state index in [0.29, 0.717) is 18.0 Å². The van der Waals surface area contributed by atoms with Crippen molar-refractivity contribution in [2.75, 3.05) is 19.6 Å². The molecule has 0 bridgehead atoms. The molecule has 2 amide bonds. The Morgan fingerprint density at radius 3 is 2.25 bits per heavy atom. The summed E-state index contributed by atoms with van der Waals surface area (Å²) in [4.78, 5) is 27.1. The lowest BCUT2D eigenvalue weighted by molar-refractivity contribution is -0.138. The third kappa shape index (κ3) is 6.12. The molecular formula is C27H34N2O3. The summed E-state index contributed by atoms with van der Waals surface area (Å²) in [5.41, 5.74) is 1.85. The lowest BCUT2D eigenvalue weighted by Gasteiger charge is -2.35. The van der Waals surface area contributed by atoms with Crippen LogP contribution in [-0.4, -0.2) is 42.5 Å². The SMILES string of the molecule is O=C(NCCc1ccccc1)c1ccc(OC2CCN(C(=O)C3CCCCC3)CC2)cc1. The maximum absolute atomic E-state index is 12.7. The van der Waals surface area contributed by atoms with Gasteiger partial charge < -0.3 is 15.0 Å². The third-order valence-electron chi connectivity index (χ3n) is 6.67. The molecule has 1 aliphatic heterocycles. The van der Waals surface area contributed by atoms with Crippen molar-refractivity contribution in [2.24, 2.45) is 5.92 Å². The first-order valence-electron chi connectivity index (χ1n) is 12.1. The summed E-state index contributed by atoms with van der Waals surface area (Å²) < 4.78 is 6.13. The minimum absolute atomic E-state index is 0.0676. The molecule has 2 aromatic carbocycles. The highest BCUT2D eigenvalue weighted by Crippen LogP contribution is 2.27. The Labute approximate surface area is 191 Å². The Morgan fingerprint density at radius 2 is 1.56 bits per heavy atom. The summed E-state index contributed by atoms with van der Waals surface area (Å²) in [5, 5.41) is 2.97. The van der Waals surface area contributed by atoms with Crippen LogP contribution in [0.15, 0.2) is 54.6 Å². The number of hydrogen-bond donors (Lipinski definition) is 1. The molecule has 1 N–H and O–H groups in total. The highest BCUT2D eigenvalue weighted by atomic mass is 16.5. The van der Waals surface area contributed by atoms with E-state index in [-0.39, 0.29) is 17.9 Å². The maximum Gasteiger partial charge on any atom is 0.251 e. The van der Waals surface area contributed by atoms with Gasteiger partial charge in [0.15, 0.2) is 0 Å². The number of nitrogens with zero attached hydrogens (tertiary/aromatic N) is 1. The number of amides is 2. The molecule has 1 saturated carbocycles. The van der Waals surface area contributed by atoms with E-state index >= 15 is 0 Å². The fourth-order valence-corrected chi connectivity index (χ4v) is 4.75. The molecule has 4 rings (SSSR count). The number of carbonyl (C=O) groups is 2. The van der Waals surface area contributed by atoms with Crippen molar-refractivity contribution >= 4 is 11.8 Å². The van der Waals surface area contributed by atoms with Crippen LogP contribution in [0.4, 0.5) is 0 Å². The average Bonchev–Trinajstić information content (AvgIpc) is 2.86. The van der Waals surface area contributed by atoms with E-state index in [9.17, 15) is 9.59 Å². The maximum atomic E-state index is 12.7. The molecule has 1 aliphatic carbocycles. The standard InChI is InChI=1S/C27H34N2O3/c30-26(28-18-15-21-7-3-1-4-8-21)22-11-13-24(14-12-22)32-25-16-19-29(20-17-25)27(31)23-9-5-2-6-10-23/h1,3-4,7-8,11-14,23,25H,2,5-6,9-10,15-20H2,(H,28,30). The smallest absolute Gasteiger partial charge is 0.251 e. The van der Waals surface area contributed by atoms with Gasteiger partial charge >= 0.3 is 0 Å². The average molecular weight is 435 g/mol. The van der Waals surface area contributed by atoms with E-state index in [1.807, 2.05) is 47.4 Å². The van der Waals surface area contributed by atoms with E-state index < -0.39 is 0 Å². The molecule has 2 aliphatic rings. The van der Waals surface area contributed by atoms with Gasteiger partial charge in [0.2, 0.25) is 5.91 Å². The molecule has 0 aromatic heterocycles. The summed E-state index contributed by atoms with van der Waals surface area (Å²) in [5.74, 6) is 1.31. The van der Waals surface area contributed by atoms with Crippen molar-refractivity contribution in [1.29, 1.82) is 0 Å². The quantitative estimate of drug-likeness (QED) is 0.692. The first-order chi connectivity index (χ1) is 15.7. The van der Waals surface area contributed by atoms with Gasteiger partial charge in [0.25, 0.3) is 5.91 Å². The van der Waals surface area contributed by atoms with Gasteiger partial charge in [-0.3, -0.25) is 9.59 Å². The van der Waals surface area contributed by atoms with Crippen LogP contribution in [0.3, 0.4) is 0 Å². The van der Waals surface area contributed by atoms with Crippen molar-refractivity contribution in [3.8, 4) is 5.75 Å². The summed E-state index contributed by atoms with van der Waals surface area (Å²) >= 11 is 0. The molecule has 0 unspecified atom stereocenters. The molecule has 1 saturated heterocycles. The van der Waals surface area contributed by atoms with Gasteiger partial charge in [-0.25, -0.2) is 0 Å². The second kappa shape index (κ2) is 11.2. The van der Waals surface area contributed by atoms with Gasteiger partial charge in [0.05, 0.1) is 0 Å². The predicted octanol–water partition coefficient (Wildman–Crippen LogP) is 4.61. The molecule has 0 radical (unpaired) electrons. The van der Waals surface area contributed by atoms with E-state index in [4.69, 9.17) is 4.74 Å². The molecule has 5 heteroatoms. The van der Waals surface area contributed by atoms with Crippen molar-refractivity contribution in [2.45, 2.75) is 57.5 Å². The topological polar surface area (TPSA) is 58.6 Å². The molecule has 0 spiro atoms. The number of piperidine rings is 1. The number of ether oxygens (including phenoxy) is 1. The monoisotopic (exact) mass is 434 g/mol. The largest absolute Gasteiger partial charge is 0.490 e. The van der Waals surface area contributed by atoms with Gasteiger partial charge in [-0.15, -0.1) is 0 Å². The molecule has 1 heterocycles. The number of carbonyl (C=O) groups excluding carboxylic acids is 2. The highest BCUT2D eigenvalue weighted by molar-refractivity contribution is 5.94. The molecule has 32 heavy (non-hydrogen) atoms. The molecule has 5 nitrogen and oxygen atoms in total. The normalized spacial score (nSPS) is 17.7. The van der Waals surface area contributed by atoms with Crippen LogP contribution in [-0.2, 0) is 11.2 Å². The van der Waals surface area contributed by atoms with E-state index in [0.717, 1.165) is 50.9 Å². The lowest BCUT2D eigenvalue weighted by Crippen LogP contribution is -2.44. The van der Waals surface area contributed by atoms with Crippen LogP contribution in [0.2, 0.25) is 0 Å². The van der Waals surface area contributed by atoms with Crippen LogP contribution in [0.25, 0.3) is 0 Å². The van der Waals surface area contributed by atoms with Crippen LogP contribution in [0, 0.1) is 5.92 Å². The van der Waals surface area contributed by atoms with Crippen molar-refractivity contribution in [3.05, 3.63) is 65.7 Å². The fraction of sp³-hybridized carbons (Fsp3) is 0.481. The third-order valence-corrected chi connectivity index (χ3v) is 6.67. The Bertz CT molecular complexity index is 868. The zero-order valence-electron chi connectivity index (χ0n) is 18.8. The van der Waals surface area contributed by atoms with Crippen molar-refractivity contribution < 1.29 is 14.3 Å². The fourth-order valence-electron chi connectivity index (χ4n) is 4.75. The highest BCUT2D eigenvalue weighted by Gasteiger charge is 2.29. The summed E-state index contributed by atoms with van der Waals surface area (Å²) in [6, 6.07) is 17.5. The zero-order chi connectivity index (χ0) is 22.2. The van der Waals surface area contributed by atoms with Gasteiger partial charge in [-0.1, -0.05) is 49.6 Å². The van der Waals surface area contributed by atoms with Gasteiger partial charge in [-0.2, -0.15) is 0 Å². The van der Waals surface area contributed by atoms with Gasteiger partial charge in [0, 0.05) is 44.0 Å². The van der Waals surface area contributed by atoms with Crippen LogP contribution < -0.4 is 10.1 Å². The molecule has 170 valence electrons. The first kappa shape index (κ1) is 22.4. The Balaban J connectivity index is 1.19. The van der Waals surface area contributed by atoms with Crippen LogP contribution in [0.1, 0.15) is 60.9 Å². The van der Waals surface area contributed by atoms with E-state index in [1.54, 1.807) is 0 Å².